The van der Waals surface area contributed by atoms with Crippen molar-refractivity contribution < 1.29 is 0 Å². The van der Waals surface area contributed by atoms with Crippen LogP contribution in [0.3, 0.4) is 0 Å². The predicted molar refractivity (Wildman–Crippen MR) is 47.5 cm³/mol. The number of rotatable bonds is 3. The average molecular weight is 155 g/mol. The third-order valence-corrected chi connectivity index (χ3v) is 1.88. The van der Waals surface area contributed by atoms with Crippen molar-refractivity contribution in [2.75, 3.05) is 39.3 Å². The van der Waals surface area contributed by atoms with Crippen LogP contribution in [0, 0.1) is 0 Å². The van der Waals surface area contributed by atoms with Crippen LogP contribution in [0.1, 0.15) is 0 Å². The fraction of sp³-hybridized carbons (Fsp3) is 0.750. The molecule has 0 atom stereocenters. The number of hydrogen-bond donors (Lipinski definition) is 2. The summed E-state index contributed by atoms with van der Waals surface area (Å²) in [4.78, 5) is 2.42. The van der Waals surface area contributed by atoms with Gasteiger partial charge in [0, 0.05) is 39.3 Å². The van der Waals surface area contributed by atoms with Crippen molar-refractivity contribution in [3.8, 4) is 0 Å². The van der Waals surface area contributed by atoms with Crippen LogP contribution >= 0.6 is 0 Å². The van der Waals surface area contributed by atoms with Crippen LogP contribution < -0.4 is 11.1 Å². The molecule has 3 nitrogen and oxygen atoms in total. The minimum absolute atomic E-state index is 0.659. The van der Waals surface area contributed by atoms with Crippen molar-refractivity contribution in [3.63, 3.8) is 0 Å². The topological polar surface area (TPSA) is 41.3 Å². The van der Waals surface area contributed by atoms with E-state index in [9.17, 15) is 0 Å². The third-order valence-electron chi connectivity index (χ3n) is 1.88. The van der Waals surface area contributed by atoms with Crippen LogP contribution in [0.4, 0.5) is 0 Å². The van der Waals surface area contributed by atoms with Gasteiger partial charge in [-0.1, -0.05) is 12.2 Å². The zero-order valence-corrected chi connectivity index (χ0v) is 6.92. The normalized spacial score (nSPS) is 21.2. The largest absolute Gasteiger partial charge is 0.327 e. The van der Waals surface area contributed by atoms with Gasteiger partial charge in [0.1, 0.15) is 0 Å². The van der Waals surface area contributed by atoms with Gasteiger partial charge in [-0.15, -0.1) is 0 Å². The van der Waals surface area contributed by atoms with Crippen LogP contribution in [-0.2, 0) is 0 Å². The summed E-state index contributed by atoms with van der Waals surface area (Å²) in [5, 5.41) is 3.31. The van der Waals surface area contributed by atoms with Crippen LogP contribution in [0.25, 0.3) is 0 Å². The first-order valence-corrected chi connectivity index (χ1v) is 4.21. The first kappa shape index (κ1) is 8.71. The molecule has 11 heavy (non-hydrogen) atoms. The second kappa shape index (κ2) is 5.29. The number of hydrogen-bond acceptors (Lipinski definition) is 3. The van der Waals surface area contributed by atoms with Gasteiger partial charge in [-0.3, -0.25) is 4.90 Å². The number of nitrogens with zero attached hydrogens (tertiary/aromatic N) is 1. The number of nitrogens with one attached hydrogen (secondary N) is 1. The van der Waals surface area contributed by atoms with E-state index in [4.69, 9.17) is 5.73 Å². The highest BCUT2D eigenvalue weighted by Gasteiger charge is 2.05. The molecule has 1 aliphatic rings. The maximum absolute atomic E-state index is 5.33. The molecule has 0 bridgehead atoms. The molecule has 64 valence electrons. The van der Waals surface area contributed by atoms with Crippen molar-refractivity contribution in [1.29, 1.82) is 0 Å². The highest BCUT2D eigenvalue weighted by Crippen LogP contribution is 1.91. The standard InChI is InChI=1S/C8H17N3/c9-3-1-2-6-11-7-4-10-5-8-11/h1-2,10H,3-9H2/b2-1+. The fourth-order valence-electron chi connectivity index (χ4n) is 1.21. The van der Waals surface area contributed by atoms with Gasteiger partial charge >= 0.3 is 0 Å². The molecule has 1 rings (SSSR count). The van der Waals surface area contributed by atoms with Gasteiger partial charge in [-0.2, -0.15) is 0 Å². The summed E-state index contributed by atoms with van der Waals surface area (Å²) < 4.78 is 0. The molecule has 3 N–H and O–H groups in total. The fourth-order valence-corrected chi connectivity index (χ4v) is 1.21. The molecule has 1 saturated heterocycles. The molecule has 0 amide bonds. The van der Waals surface area contributed by atoms with Gasteiger partial charge in [-0.25, -0.2) is 0 Å². The van der Waals surface area contributed by atoms with E-state index in [1.54, 1.807) is 0 Å². The lowest BCUT2D eigenvalue weighted by Gasteiger charge is -2.25. The molecular formula is C8H17N3. The summed E-state index contributed by atoms with van der Waals surface area (Å²) >= 11 is 0. The molecule has 0 radical (unpaired) electrons. The van der Waals surface area contributed by atoms with Gasteiger partial charge in [0.2, 0.25) is 0 Å². The van der Waals surface area contributed by atoms with Gasteiger partial charge in [-0.05, 0) is 0 Å². The Balaban J connectivity index is 2.09. The lowest BCUT2D eigenvalue weighted by atomic mass is 10.3. The molecule has 1 fully saturated rings. The Kier molecular flexibility index (Phi) is 4.19. The van der Waals surface area contributed by atoms with Crippen molar-refractivity contribution in [2.45, 2.75) is 0 Å². The Hall–Kier alpha value is -0.380. The first-order valence-electron chi connectivity index (χ1n) is 4.21. The Morgan fingerprint density at radius 1 is 1.27 bits per heavy atom. The van der Waals surface area contributed by atoms with Crippen LogP contribution in [0.15, 0.2) is 12.2 Å². The Bertz CT molecular complexity index is 117. The molecule has 0 spiro atoms. The van der Waals surface area contributed by atoms with E-state index in [2.05, 4.69) is 16.3 Å². The summed E-state index contributed by atoms with van der Waals surface area (Å²) in [6.45, 7) is 6.28. The molecule has 1 aliphatic heterocycles. The second-order valence-corrected chi connectivity index (χ2v) is 2.76. The van der Waals surface area contributed by atoms with E-state index in [0.717, 1.165) is 32.7 Å². The summed E-state index contributed by atoms with van der Waals surface area (Å²) in [5.74, 6) is 0. The number of nitrogens with two attached hydrogens (primary N) is 1. The molecule has 0 aromatic carbocycles. The monoisotopic (exact) mass is 155 g/mol. The smallest absolute Gasteiger partial charge is 0.0164 e. The summed E-state index contributed by atoms with van der Waals surface area (Å²) in [5.41, 5.74) is 5.33. The summed E-state index contributed by atoms with van der Waals surface area (Å²) in [6, 6.07) is 0. The van der Waals surface area contributed by atoms with Gasteiger partial charge < -0.3 is 11.1 Å². The first-order chi connectivity index (χ1) is 5.43. The Labute approximate surface area is 68.2 Å². The maximum atomic E-state index is 5.33. The lowest BCUT2D eigenvalue weighted by molar-refractivity contribution is 0.264. The molecule has 3 heteroatoms. The second-order valence-electron chi connectivity index (χ2n) is 2.76. The minimum Gasteiger partial charge on any atom is -0.327 e. The molecule has 0 aliphatic carbocycles. The molecule has 0 unspecified atom stereocenters. The van der Waals surface area contributed by atoms with E-state index >= 15 is 0 Å². The quantitative estimate of drug-likeness (QED) is 0.535. The third kappa shape index (κ3) is 3.51. The van der Waals surface area contributed by atoms with Crippen molar-refractivity contribution in [1.82, 2.24) is 10.2 Å². The van der Waals surface area contributed by atoms with Crippen LogP contribution in [0.2, 0.25) is 0 Å². The van der Waals surface area contributed by atoms with Crippen LogP contribution in [-0.4, -0.2) is 44.2 Å². The predicted octanol–water partition coefficient (Wildman–Crippen LogP) is -0.593. The van der Waals surface area contributed by atoms with E-state index in [1.807, 2.05) is 6.08 Å². The zero-order valence-electron chi connectivity index (χ0n) is 6.92. The SMILES string of the molecule is NC/C=C/CN1CCNCC1. The lowest BCUT2D eigenvalue weighted by Crippen LogP contribution is -2.43. The summed E-state index contributed by atoms with van der Waals surface area (Å²) in [6.07, 6.45) is 4.16. The van der Waals surface area contributed by atoms with Crippen LogP contribution in [0.5, 0.6) is 0 Å². The average Bonchev–Trinajstić information content (AvgIpc) is 2.07. The van der Waals surface area contributed by atoms with Crippen molar-refractivity contribution in [2.24, 2.45) is 5.73 Å². The maximum Gasteiger partial charge on any atom is 0.0164 e. The van der Waals surface area contributed by atoms with Crippen molar-refractivity contribution >= 4 is 0 Å². The Morgan fingerprint density at radius 3 is 2.64 bits per heavy atom. The van der Waals surface area contributed by atoms with E-state index in [-0.39, 0.29) is 0 Å². The van der Waals surface area contributed by atoms with Crippen molar-refractivity contribution in [3.05, 3.63) is 12.2 Å². The number of piperazine rings is 1. The highest BCUT2D eigenvalue weighted by atomic mass is 15.2. The van der Waals surface area contributed by atoms with E-state index in [0.29, 0.717) is 6.54 Å². The Morgan fingerprint density at radius 2 is 2.00 bits per heavy atom. The zero-order chi connectivity index (χ0) is 7.94. The summed E-state index contributed by atoms with van der Waals surface area (Å²) in [7, 11) is 0. The minimum atomic E-state index is 0.659. The van der Waals surface area contributed by atoms with Gasteiger partial charge in [0.05, 0.1) is 0 Å². The highest BCUT2D eigenvalue weighted by molar-refractivity contribution is 4.86. The molecule has 0 aromatic rings. The van der Waals surface area contributed by atoms with E-state index in [1.165, 1.54) is 0 Å². The van der Waals surface area contributed by atoms with E-state index < -0.39 is 0 Å². The molecular weight excluding hydrogens is 138 g/mol. The van der Waals surface area contributed by atoms with Gasteiger partial charge in [0.15, 0.2) is 0 Å². The van der Waals surface area contributed by atoms with Gasteiger partial charge in [0.25, 0.3) is 0 Å². The molecule has 0 aromatic heterocycles. The molecule has 0 saturated carbocycles. The molecule has 1 heterocycles.